The fraction of sp³-hybridized carbons (Fsp3) is 0.846. The first-order valence-corrected chi connectivity index (χ1v) is 8.97. The molecule has 1 amide bonds. The van der Waals surface area contributed by atoms with E-state index in [0.717, 1.165) is 19.1 Å². The highest BCUT2D eigenvalue weighted by Gasteiger charge is 2.42. The summed E-state index contributed by atoms with van der Waals surface area (Å²) < 4.78 is 25.1. The molecule has 0 radical (unpaired) electrons. The molecule has 2 rings (SSSR count). The lowest BCUT2D eigenvalue weighted by Crippen LogP contribution is -2.61. The summed E-state index contributed by atoms with van der Waals surface area (Å²) in [6.45, 7) is 4.63. The van der Waals surface area contributed by atoms with E-state index in [2.05, 4.69) is 15.7 Å². The highest BCUT2D eigenvalue weighted by molar-refractivity contribution is 7.88. The Kier molecular flexibility index (Phi) is 4.29. The number of piperazine rings is 1. The smallest absolute Gasteiger partial charge is 0.243 e. The predicted octanol–water partition coefficient (Wildman–Crippen LogP) is -0.487. The van der Waals surface area contributed by atoms with Crippen LogP contribution >= 0.6 is 0 Å². The van der Waals surface area contributed by atoms with Crippen molar-refractivity contribution in [2.75, 3.05) is 25.9 Å². The number of nitrogens with one attached hydrogen (secondary N) is 1. The van der Waals surface area contributed by atoms with E-state index in [1.54, 1.807) is 18.7 Å². The minimum Gasteiger partial charge on any atom is -0.337 e. The molecule has 7 nitrogen and oxygen atoms in total. The van der Waals surface area contributed by atoms with Crippen LogP contribution in [0.2, 0.25) is 0 Å². The summed E-state index contributed by atoms with van der Waals surface area (Å²) >= 11 is 0. The van der Waals surface area contributed by atoms with E-state index in [-0.39, 0.29) is 11.9 Å². The molecule has 1 N–H and O–H groups in total. The van der Waals surface area contributed by atoms with Crippen LogP contribution in [0.5, 0.6) is 0 Å². The molecule has 1 heterocycles. The van der Waals surface area contributed by atoms with Crippen LogP contribution in [0.15, 0.2) is 0 Å². The average Bonchev–Trinajstić information content (AvgIpc) is 3.18. The Labute approximate surface area is 125 Å². The summed E-state index contributed by atoms with van der Waals surface area (Å²) in [7, 11) is -3.47. The van der Waals surface area contributed by atoms with Gasteiger partial charge in [-0.05, 0) is 26.7 Å². The average molecular weight is 314 g/mol. The van der Waals surface area contributed by atoms with E-state index in [4.69, 9.17) is 0 Å². The molecule has 1 aliphatic carbocycles. The zero-order chi connectivity index (χ0) is 15.8. The van der Waals surface area contributed by atoms with E-state index < -0.39 is 15.6 Å². The normalized spacial score (nSPS) is 24.7. The highest BCUT2D eigenvalue weighted by atomic mass is 32.2. The van der Waals surface area contributed by atoms with Crippen LogP contribution in [0, 0.1) is 11.3 Å². The summed E-state index contributed by atoms with van der Waals surface area (Å²) in [6, 6.07) is 2.43. The Bertz CT molecular complexity index is 562. The molecule has 1 atom stereocenters. The van der Waals surface area contributed by atoms with Crippen LogP contribution in [-0.4, -0.2) is 67.6 Å². The second kappa shape index (κ2) is 5.55. The van der Waals surface area contributed by atoms with Crippen molar-refractivity contribution < 1.29 is 13.2 Å². The Morgan fingerprint density at radius 1 is 1.33 bits per heavy atom. The van der Waals surface area contributed by atoms with Crippen molar-refractivity contribution in [1.29, 1.82) is 5.26 Å². The maximum atomic E-state index is 12.5. The lowest BCUT2D eigenvalue weighted by molar-refractivity contribution is -0.139. The molecule has 2 aliphatic rings. The topological polar surface area (TPSA) is 93.5 Å². The first-order valence-electron chi connectivity index (χ1n) is 7.08. The van der Waals surface area contributed by atoms with Gasteiger partial charge < -0.3 is 4.90 Å². The molecule has 1 aliphatic heterocycles. The second-order valence-corrected chi connectivity index (χ2v) is 8.11. The number of rotatable bonds is 4. The minimum atomic E-state index is -3.47. The van der Waals surface area contributed by atoms with Crippen LogP contribution in [-0.2, 0) is 14.8 Å². The minimum absolute atomic E-state index is 0.288. The summed E-state index contributed by atoms with van der Waals surface area (Å²) in [4.78, 5) is 16.3. The number of amides is 1. The maximum Gasteiger partial charge on any atom is 0.243 e. The fourth-order valence-corrected chi connectivity index (χ4v) is 3.86. The Morgan fingerprint density at radius 3 is 2.43 bits per heavy atom. The van der Waals surface area contributed by atoms with Gasteiger partial charge >= 0.3 is 0 Å². The van der Waals surface area contributed by atoms with Crippen molar-refractivity contribution in [3.8, 4) is 6.07 Å². The van der Waals surface area contributed by atoms with Crippen LogP contribution in [0.4, 0.5) is 0 Å². The zero-order valence-electron chi connectivity index (χ0n) is 12.7. The lowest BCUT2D eigenvalue weighted by atomic mass is 10.0. The third-order valence-corrected chi connectivity index (χ3v) is 4.73. The van der Waals surface area contributed by atoms with Crippen molar-refractivity contribution >= 4 is 15.9 Å². The van der Waals surface area contributed by atoms with E-state index in [1.165, 1.54) is 0 Å². The molecule has 1 saturated heterocycles. The number of carbonyl (C=O) groups excluding carboxylic acids is 1. The largest absolute Gasteiger partial charge is 0.337 e. The Morgan fingerprint density at radius 2 is 1.95 bits per heavy atom. The van der Waals surface area contributed by atoms with Gasteiger partial charge in [-0.3, -0.25) is 9.69 Å². The molecule has 118 valence electrons. The van der Waals surface area contributed by atoms with Gasteiger partial charge in [0.25, 0.3) is 0 Å². The first-order chi connectivity index (χ1) is 9.64. The van der Waals surface area contributed by atoms with E-state index in [9.17, 15) is 18.5 Å². The van der Waals surface area contributed by atoms with E-state index >= 15 is 0 Å². The van der Waals surface area contributed by atoms with Crippen LogP contribution in [0.25, 0.3) is 0 Å². The number of hydrogen-bond donors (Lipinski definition) is 1. The molecule has 0 aromatic carbocycles. The Balaban J connectivity index is 2.05. The monoisotopic (exact) mass is 314 g/mol. The summed E-state index contributed by atoms with van der Waals surface area (Å²) in [6.07, 6.45) is 3.27. The van der Waals surface area contributed by atoms with Crippen molar-refractivity contribution in [3.63, 3.8) is 0 Å². The summed E-state index contributed by atoms with van der Waals surface area (Å²) in [5, 5.41) is 9.29. The molecule has 0 spiro atoms. The fourth-order valence-electron chi connectivity index (χ4n) is 2.84. The standard InChI is InChI=1S/C13H22N4O3S/c1-13(2,15-21(3,19)20)12(18)16-6-7-17(10-4-5-10)11(8-14)9-16/h10-11,15H,4-7,9H2,1-3H3. The number of nitrogens with zero attached hydrogens (tertiary/aromatic N) is 3. The van der Waals surface area contributed by atoms with E-state index in [1.807, 2.05) is 0 Å². The van der Waals surface area contributed by atoms with Gasteiger partial charge in [-0.25, -0.2) is 13.1 Å². The third-order valence-electron chi connectivity index (χ3n) is 3.85. The lowest BCUT2D eigenvalue weighted by Gasteiger charge is -2.41. The number of nitriles is 1. The first kappa shape index (κ1) is 16.2. The van der Waals surface area contributed by atoms with Crippen molar-refractivity contribution in [2.45, 2.75) is 44.3 Å². The molecule has 0 bridgehead atoms. The predicted molar refractivity (Wildman–Crippen MR) is 77.8 cm³/mol. The van der Waals surface area contributed by atoms with Gasteiger partial charge in [-0.1, -0.05) is 0 Å². The third kappa shape index (κ3) is 3.93. The molecule has 2 fully saturated rings. The van der Waals surface area contributed by atoms with Crippen LogP contribution < -0.4 is 4.72 Å². The number of sulfonamides is 1. The highest BCUT2D eigenvalue weighted by Crippen LogP contribution is 2.30. The van der Waals surface area contributed by atoms with Gasteiger partial charge in [-0.15, -0.1) is 0 Å². The molecule has 8 heteroatoms. The molecular weight excluding hydrogens is 292 g/mol. The van der Waals surface area contributed by atoms with Crippen LogP contribution in [0.3, 0.4) is 0 Å². The maximum absolute atomic E-state index is 12.5. The number of carbonyl (C=O) groups is 1. The molecule has 0 aromatic heterocycles. The molecule has 1 saturated carbocycles. The van der Waals surface area contributed by atoms with E-state index in [0.29, 0.717) is 25.7 Å². The molecule has 0 aromatic rings. The van der Waals surface area contributed by atoms with Gasteiger partial charge in [0.15, 0.2) is 0 Å². The molecular formula is C13H22N4O3S. The molecule has 21 heavy (non-hydrogen) atoms. The summed E-state index contributed by atoms with van der Waals surface area (Å²) in [5.41, 5.74) is -1.20. The van der Waals surface area contributed by atoms with Crippen molar-refractivity contribution in [1.82, 2.24) is 14.5 Å². The Hall–Kier alpha value is -1.17. The van der Waals surface area contributed by atoms with Gasteiger partial charge in [0.05, 0.1) is 12.3 Å². The van der Waals surface area contributed by atoms with Gasteiger partial charge in [0.2, 0.25) is 15.9 Å². The quantitative estimate of drug-likeness (QED) is 0.756. The van der Waals surface area contributed by atoms with Gasteiger partial charge in [-0.2, -0.15) is 5.26 Å². The summed E-state index contributed by atoms with van der Waals surface area (Å²) in [5.74, 6) is -0.288. The molecule has 1 unspecified atom stereocenters. The zero-order valence-corrected chi connectivity index (χ0v) is 13.5. The van der Waals surface area contributed by atoms with Crippen LogP contribution in [0.1, 0.15) is 26.7 Å². The second-order valence-electron chi connectivity index (χ2n) is 6.36. The van der Waals surface area contributed by atoms with Gasteiger partial charge in [0.1, 0.15) is 11.6 Å². The van der Waals surface area contributed by atoms with Crippen molar-refractivity contribution in [2.24, 2.45) is 0 Å². The SMILES string of the molecule is CC(C)(NS(C)(=O)=O)C(=O)N1CCN(C2CC2)C(C#N)C1. The van der Waals surface area contributed by atoms with Crippen molar-refractivity contribution in [3.05, 3.63) is 0 Å². The number of hydrogen-bond acceptors (Lipinski definition) is 5. The van der Waals surface area contributed by atoms with Gasteiger partial charge in [0, 0.05) is 25.7 Å².